The topological polar surface area (TPSA) is 105 Å². The highest BCUT2D eigenvalue weighted by atomic mass is 16.2. The second-order valence-corrected chi connectivity index (χ2v) is 7.86. The number of hydrogen-bond donors (Lipinski definition) is 3. The summed E-state index contributed by atoms with van der Waals surface area (Å²) in [6.45, 7) is 1.04. The molecule has 1 aromatic carbocycles. The van der Waals surface area contributed by atoms with Gasteiger partial charge in [0.1, 0.15) is 6.04 Å². The molecule has 0 bridgehead atoms. The summed E-state index contributed by atoms with van der Waals surface area (Å²) in [6.07, 6.45) is 4.95. The maximum atomic E-state index is 13.1. The first-order valence-corrected chi connectivity index (χ1v) is 9.77. The molecular formula is C20H26N4O3. The van der Waals surface area contributed by atoms with Crippen LogP contribution in [0.15, 0.2) is 18.2 Å². The predicted molar refractivity (Wildman–Crippen MR) is 99.6 cm³/mol. The molecule has 0 spiro atoms. The van der Waals surface area contributed by atoms with E-state index in [0.29, 0.717) is 31.1 Å². The fourth-order valence-electron chi connectivity index (χ4n) is 4.50. The molecule has 1 aromatic rings. The zero-order chi connectivity index (χ0) is 19.0. The molecule has 1 saturated heterocycles. The average Bonchev–Trinajstić information content (AvgIpc) is 2.97. The minimum absolute atomic E-state index is 0.114. The summed E-state index contributed by atoms with van der Waals surface area (Å²) < 4.78 is 0. The lowest BCUT2D eigenvalue weighted by atomic mass is 9.91. The third-order valence-corrected chi connectivity index (χ3v) is 5.93. The molecule has 3 unspecified atom stereocenters. The van der Waals surface area contributed by atoms with E-state index < -0.39 is 6.04 Å². The van der Waals surface area contributed by atoms with E-state index in [1.807, 2.05) is 18.2 Å². The summed E-state index contributed by atoms with van der Waals surface area (Å²) in [5.41, 5.74) is 8.68. The van der Waals surface area contributed by atoms with Gasteiger partial charge in [-0.1, -0.05) is 24.6 Å². The van der Waals surface area contributed by atoms with Crippen LogP contribution in [0.3, 0.4) is 0 Å². The van der Waals surface area contributed by atoms with Crippen LogP contribution < -0.4 is 16.4 Å². The van der Waals surface area contributed by atoms with E-state index >= 15 is 0 Å². The number of nitrogens with one attached hydrogen (secondary N) is 2. The van der Waals surface area contributed by atoms with Gasteiger partial charge in [-0.2, -0.15) is 0 Å². The molecule has 3 amide bonds. The molecular weight excluding hydrogens is 344 g/mol. The number of rotatable bonds is 4. The van der Waals surface area contributed by atoms with Crippen molar-refractivity contribution in [2.24, 2.45) is 5.73 Å². The van der Waals surface area contributed by atoms with E-state index in [1.165, 1.54) is 0 Å². The van der Waals surface area contributed by atoms with E-state index in [1.54, 1.807) is 4.90 Å². The standard InChI is InChI=1S/C20H26N4O3/c21-14-5-2-6-15(9-14)22-10-12-3-1-4-13-11-24(20(27)18(12)13)16-7-8-17(25)23-19(16)26/h1,3-4,14-16,22H,2,5-11,21H2,(H,23,25,26). The maximum Gasteiger partial charge on any atom is 0.255 e. The van der Waals surface area contributed by atoms with Gasteiger partial charge in [0.15, 0.2) is 0 Å². The molecule has 7 heteroatoms. The number of fused-ring (bicyclic) bond motifs is 1. The Morgan fingerprint density at radius 1 is 1.19 bits per heavy atom. The minimum atomic E-state index is -0.570. The summed E-state index contributed by atoms with van der Waals surface area (Å²) >= 11 is 0. The molecule has 4 N–H and O–H groups in total. The number of piperidine rings is 1. The Morgan fingerprint density at radius 2 is 2.04 bits per heavy atom. The fraction of sp³-hybridized carbons (Fsp3) is 0.550. The highest BCUT2D eigenvalue weighted by molar-refractivity contribution is 6.05. The number of carbonyl (C=O) groups is 3. The van der Waals surface area contributed by atoms with E-state index in [4.69, 9.17) is 5.73 Å². The fourth-order valence-corrected chi connectivity index (χ4v) is 4.50. The molecule has 7 nitrogen and oxygen atoms in total. The molecule has 2 aliphatic heterocycles. The predicted octanol–water partition coefficient (Wildman–Crippen LogP) is 0.807. The summed E-state index contributed by atoms with van der Waals surface area (Å²) in [4.78, 5) is 38.2. The highest BCUT2D eigenvalue weighted by Crippen LogP contribution is 2.30. The molecule has 0 radical (unpaired) electrons. The Labute approximate surface area is 158 Å². The first-order valence-electron chi connectivity index (χ1n) is 9.77. The van der Waals surface area contributed by atoms with Crippen molar-refractivity contribution >= 4 is 17.7 Å². The summed E-state index contributed by atoms with van der Waals surface area (Å²) in [5.74, 6) is -0.753. The summed E-state index contributed by atoms with van der Waals surface area (Å²) in [5, 5.41) is 5.90. The molecule has 2 heterocycles. The maximum absolute atomic E-state index is 13.1. The monoisotopic (exact) mass is 370 g/mol. The van der Waals surface area contributed by atoms with Crippen molar-refractivity contribution in [1.29, 1.82) is 0 Å². The van der Waals surface area contributed by atoms with E-state index in [-0.39, 0.29) is 30.2 Å². The minimum Gasteiger partial charge on any atom is -0.328 e. The number of carbonyl (C=O) groups excluding carboxylic acids is 3. The SMILES string of the molecule is NC1CCCC(NCc2cccc3c2C(=O)N(C2CCC(=O)NC2=O)C3)C1. The van der Waals surface area contributed by atoms with Crippen LogP contribution in [0.5, 0.6) is 0 Å². The van der Waals surface area contributed by atoms with Gasteiger partial charge in [0.05, 0.1) is 0 Å². The Bertz CT molecular complexity index is 778. The van der Waals surface area contributed by atoms with Crippen molar-refractivity contribution in [2.45, 2.75) is 69.7 Å². The van der Waals surface area contributed by atoms with Gasteiger partial charge in [0.25, 0.3) is 5.91 Å². The molecule has 0 aromatic heterocycles. The Kier molecular flexibility index (Phi) is 4.97. The van der Waals surface area contributed by atoms with Crippen molar-refractivity contribution < 1.29 is 14.4 Å². The second kappa shape index (κ2) is 7.40. The van der Waals surface area contributed by atoms with Crippen LogP contribution >= 0.6 is 0 Å². The molecule has 1 aliphatic carbocycles. The Morgan fingerprint density at radius 3 is 2.81 bits per heavy atom. The zero-order valence-corrected chi connectivity index (χ0v) is 15.4. The van der Waals surface area contributed by atoms with Crippen LogP contribution in [0.2, 0.25) is 0 Å². The van der Waals surface area contributed by atoms with Gasteiger partial charge >= 0.3 is 0 Å². The lowest BCUT2D eigenvalue weighted by Crippen LogP contribution is -2.52. The van der Waals surface area contributed by atoms with Crippen LogP contribution in [0.25, 0.3) is 0 Å². The normalized spacial score (nSPS) is 28.3. The lowest BCUT2D eigenvalue weighted by molar-refractivity contribution is -0.136. The smallest absolute Gasteiger partial charge is 0.255 e. The van der Waals surface area contributed by atoms with E-state index in [0.717, 1.165) is 36.8 Å². The molecule has 1 saturated carbocycles. The number of imide groups is 1. The third kappa shape index (κ3) is 3.61. The molecule has 3 aliphatic rings. The zero-order valence-electron chi connectivity index (χ0n) is 15.4. The van der Waals surface area contributed by atoms with Gasteiger partial charge in [-0.05, 0) is 36.8 Å². The van der Waals surface area contributed by atoms with Gasteiger partial charge in [0.2, 0.25) is 11.8 Å². The second-order valence-electron chi connectivity index (χ2n) is 7.86. The lowest BCUT2D eigenvalue weighted by Gasteiger charge is -2.29. The van der Waals surface area contributed by atoms with Crippen LogP contribution in [0.4, 0.5) is 0 Å². The van der Waals surface area contributed by atoms with Crippen LogP contribution in [0.1, 0.15) is 60.0 Å². The molecule has 27 heavy (non-hydrogen) atoms. The number of nitrogens with two attached hydrogens (primary N) is 1. The largest absolute Gasteiger partial charge is 0.328 e. The van der Waals surface area contributed by atoms with Gasteiger partial charge in [-0.25, -0.2) is 0 Å². The Hall–Kier alpha value is -2.25. The summed E-state index contributed by atoms with van der Waals surface area (Å²) in [6, 6.07) is 5.94. The van der Waals surface area contributed by atoms with Crippen LogP contribution in [0, 0.1) is 0 Å². The van der Waals surface area contributed by atoms with Gasteiger partial charge in [-0.3, -0.25) is 19.7 Å². The van der Waals surface area contributed by atoms with E-state index in [2.05, 4.69) is 10.6 Å². The number of hydrogen-bond acceptors (Lipinski definition) is 5. The van der Waals surface area contributed by atoms with Crippen molar-refractivity contribution in [2.75, 3.05) is 0 Å². The van der Waals surface area contributed by atoms with E-state index in [9.17, 15) is 14.4 Å². The first kappa shape index (κ1) is 18.1. The molecule has 144 valence electrons. The highest BCUT2D eigenvalue weighted by Gasteiger charge is 2.39. The number of nitrogens with zero attached hydrogens (tertiary/aromatic N) is 1. The van der Waals surface area contributed by atoms with Crippen molar-refractivity contribution in [3.05, 3.63) is 34.9 Å². The van der Waals surface area contributed by atoms with Gasteiger partial charge in [-0.15, -0.1) is 0 Å². The summed E-state index contributed by atoms with van der Waals surface area (Å²) in [7, 11) is 0. The van der Waals surface area contributed by atoms with Crippen molar-refractivity contribution in [1.82, 2.24) is 15.5 Å². The van der Waals surface area contributed by atoms with Crippen molar-refractivity contribution in [3.8, 4) is 0 Å². The molecule has 4 rings (SSSR count). The number of benzene rings is 1. The quantitative estimate of drug-likeness (QED) is 0.680. The molecule has 2 fully saturated rings. The van der Waals surface area contributed by atoms with Crippen LogP contribution in [-0.4, -0.2) is 40.7 Å². The third-order valence-electron chi connectivity index (χ3n) is 5.93. The number of amides is 3. The average molecular weight is 370 g/mol. The van der Waals surface area contributed by atoms with Gasteiger partial charge in [0, 0.05) is 37.2 Å². The first-order chi connectivity index (χ1) is 13.0. The van der Waals surface area contributed by atoms with Crippen LogP contribution in [-0.2, 0) is 22.7 Å². The van der Waals surface area contributed by atoms with Crippen molar-refractivity contribution in [3.63, 3.8) is 0 Å². The molecule has 3 atom stereocenters. The van der Waals surface area contributed by atoms with Gasteiger partial charge < -0.3 is 16.0 Å². The Balaban J connectivity index is 1.48.